The summed E-state index contributed by atoms with van der Waals surface area (Å²) in [6.07, 6.45) is 25.0. The standard InChI is InChI=1S/C24H26BrNO4.C24H27NO4.C17H21NO3.C16H19NO3.C16H21NO3.C15H17NO2.C8H12O3/c1-17-3-8-22(25)21(15-17)23(27)26(16-18-4-6-20(28-2)7-5-18)19-9-11-24(12-10-19)29-13-14-30-24;1-17-3-8-21-20(15-17)22(26)25(16-18-4-6-19(27-2)7-5-18)23(21)9-11-24(12-10-23)28-13-14-29-24;1-12-3-4-14-13(11-12)15(19)18(2)16(14)5-7-17(8-6-16)20-9-10-21-17;1-11-2-3-13-12(10-11)14(18)17-15(13)4-6-16(7-5-15)19-8-9-20-16;1-18-15-4-2-13(3-5-15)12-17-14-6-8-16(9-7-14)19-10-11-20-16;1-10-3-4-13-12(9-10)14(18)16(2)15(13)7-5-11(17)6-8-15;9-7-1-3-8(4-2-7)10-5-6-11-8/h3-9,15H,10-14,16H2,1-2H3;3-8,15H,9-14,16H2,1-2H3;3-4,11H,5-10H2,1-2H3;2-3,10H,4-9H2,1H3,(H,17,18);2-6,17H,7-12H2,1H3;3-4,9H,5-8H2,1-2H3;1-6H2. The second-order valence-corrected chi connectivity index (χ2v) is 43.6. The van der Waals surface area contributed by atoms with Crippen molar-refractivity contribution in [3.8, 4) is 17.2 Å². The average molecular weight is 2100 g/mol. The van der Waals surface area contributed by atoms with Gasteiger partial charge in [0.1, 0.15) is 28.8 Å². The number of nitrogens with one attached hydrogen (secondary N) is 2. The minimum absolute atomic E-state index is 0.0168. The molecule has 29 heteroatoms. The maximum absolute atomic E-state index is 13.6. The molecule has 28 nitrogen and oxygen atoms in total. The number of hydrogen-bond acceptors (Lipinski definition) is 23. The van der Waals surface area contributed by atoms with Crippen LogP contribution in [0.1, 0.15) is 285 Å². The van der Waals surface area contributed by atoms with Crippen LogP contribution < -0.4 is 24.8 Å². The number of hydrogen-bond donors (Lipinski definition) is 2. The summed E-state index contributed by atoms with van der Waals surface area (Å²) in [5, 5.41) is 6.71. The molecule has 0 bridgehead atoms. The molecular weight excluding hydrogens is 1960 g/mol. The molecular formula is C120H143BrN6O22. The Balaban J connectivity index is 0.000000111. The van der Waals surface area contributed by atoms with Gasteiger partial charge in [0.25, 0.3) is 29.5 Å². The minimum atomic E-state index is -0.512. The number of carbonyl (C=O) groups is 7. The Hall–Kier alpha value is -10.9. The van der Waals surface area contributed by atoms with Crippen molar-refractivity contribution < 1.29 is 105 Å². The number of fused-ring (bicyclic) bond motifs is 8. The zero-order chi connectivity index (χ0) is 104. The van der Waals surface area contributed by atoms with Crippen molar-refractivity contribution in [1.29, 1.82) is 0 Å². The third kappa shape index (κ3) is 22.4. The van der Waals surface area contributed by atoms with E-state index < -0.39 is 11.6 Å². The molecule has 10 aliphatic heterocycles. The molecule has 10 spiro atoms. The number of amides is 5. The van der Waals surface area contributed by atoms with Gasteiger partial charge in [0.05, 0.1) is 135 Å². The van der Waals surface area contributed by atoms with E-state index in [1.54, 1.807) is 21.3 Å². The van der Waals surface area contributed by atoms with Crippen LogP contribution >= 0.6 is 15.9 Å². The van der Waals surface area contributed by atoms with Crippen LogP contribution in [0.3, 0.4) is 0 Å². The van der Waals surface area contributed by atoms with E-state index in [0.717, 1.165) is 260 Å². The van der Waals surface area contributed by atoms with E-state index in [4.69, 9.17) is 71.1 Å². The lowest BCUT2D eigenvalue weighted by Crippen LogP contribution is -2.50. The number of ketones is 2. The summed E-state index contributed by atoms with van der Waals surface area (Å²) in [5.41, 5.74) is 19.0. The van der Waals surface area contributed by atoms with Crippen molar-refractivity contribution >= 4 is 57.0 Å². The highest BCUT2D eigenvalue weighted by molar-refractivity contribution is 9.10. The molecule has 25 rings (SSSR count). The number of rotatable bonds is 12. The second kappa shape index (κ2) is 44.8. The summed E-state index contributed by atoms with van der Waals surface area (Å²) in [6.45, 7) is 20.2. The van der Waals surface area contributed by atoms with Gasteiger partial charge < -0.3 is 101 Å². The lowest BCUT2D eigenvalue weighted by molar-refractivity contribution is -0.193. The van der Waals surface area contributed by atoms with Crippen molar-refractivity contribution in [3.05, 3.63) is 286 Å². The molecule has 5 amide bonds. The fraction of sp³-hybridized carbons (Fsp3) is 0.508. The van der Waals surface area contributed by atoms with E-state index in [0.29, 0.717) is 128 Å². The SMILES string of the molecule is COc1ccc(CN(C(=O)c2cc(C)ccc2Br)C2=CCC3(CC2)OCCO3)cc1.COc1ccc(CN2C(=O)c3cc(C)ccc3C23CCC2(CC3)OCCO2)cc1.COc1ccc(CNC2=CCC3(CC2)OCCO3)cc1.Cc1ccc2c(c1)C(=O)N(C)C21CCC(=O)CC1.Cc1ccc2c(c1)C(=O)N(C)C21CCC2(CC1)OCCO2.Cc1ccc2c(c1)C(=O)NC21CCC2(CC1)OCCO2.O=C1CCC2(CC1)OCCO2. The fourth-order valence-corrected chi connectivity index (χ4v) is 25.4. The van der Waals surface area contributed by atoms with Crippen LogP contribution in [0.15, 0.2) is 192 Å². The lowest BCUT2D eigenvalue weighted by atomic mass is 9.74. The molecule has 10 heterocycles. The van der Waals surface area contributed by atoms with E-state index in [-0.39, 0.29) is 74.8 Å². The Morgan fingerprint density at radius 1 is 0.362 bits per heavy atom. The van der Waals surface area contributed by atoms with Crippen LogP contribution in [0.25, 0.3) is 0 Å². The van der Waals surface area contributed by atoms with Gasteiger partial charge >= 0.3 is 0 Å². The van der Waals surface area contributed by atoms with Crippen molar-refractivity contribution in [3.63, 3.8) is 0 Å². The number of nitrogens with zero attached hydrogens (tertiary/aromatic N) is 4. The largest absolute Gasteiger partial charge is 0.497 e. The number of benzene rings is 8. The van der Waals surface area contributed by atoms with Crippen LogP contribution in [0.4, 0.5) is 0 Å². The molecule has 5 saturated carbocycles. The van der Waals surface area contributed by atoms with Gasteiger partial charge in [0, 0.05) is 168 Å². The van der Waals surface area contributed by atoms with Crippen molar-refractivity contribution in [2.45, 2.75) is 278 Å². The number of carbonyl (C=O) groups excluding carboxylic acids is 7. The van der Waals surface area contributed by atoms with Crippen molar-refractivity contribution in [1.82, 2.24) is 30.2 Å². The summed E-state index contributed by atoms with van der Waals surface area (Å²) < 4.78 is 85.6. The Bertz CT molecular complexity index is 6250. The van der Waals surface area contributed by atoms with E-state index in [1.807, 2.05) is 167 Å². The smallest absolute Gasteiger partial charge is 0.259 e. The van der Waals surface area contributed by atoms with E-state index >= 15 is 0 Å². The number of aryl methyl sites for hydroxylation is 5. The molecule has 792 valence electrons. The number of methoxy groups -OCH3 is 3. The molecule has 2 N–H and O–H groups in total. The van der Waals surface area contributed by atoms with E-state index in [1.165, 1.54) is 16.8 Å². The van der Waals surface area contributed by atoms with Gasteiger partial charge in [0.2, 0.25) is 0 Å². The fourth-order valence-electron chi connectivity index (χ4n) is 25.0. The van der Waals surface area contributed by atoms with Crippen LogP contribution in [-0.2, 0) is 108 Å². The van der Waals surface area contributed by atoms with Gasteiger partial charge in [-0.05, 0) is 226 Å². The molecule has 0 atom stereocenters. The minimum Gasteiger partial charge on any atom is -0.497 e. The first kappa shape index (κ1) is 107. The Morgan fingerprint density at radius 2 is 0.711 bits per heavy atom. The number of Topliss-reactive ketones (excluding diaryl/α,β-unsaturated/α-hetero) is 2. The van der Waals surface area contributed by atoms with Crippen molar-refractivity contribution in [2.24, 2.45) is 0 Å². The maximum atomic E-state index is 13.6. The highest BCUT2D eigenvalue weighted by Gasteiger charge is 2.59. The highest BCUT2D eigenvalue weighted by atomic mass is 79.9. The first-order valence-corrected chi connectivity index (χ1v) is 54.1. The number of allylic oxidation sites excluding steroid dienone is 2. The first-order valence-electron chi connectivity index (χ1n) is 53.3. The summed E-state index contributed by atoms with van der Waals surface area (Å²) in [7, 11) is 8.80. The van der Waals surface area contributed by atoms with Crippen LogP contribution in [0, 0.1) is 34.6 Å². The molecule has 11 fully saturated rings. The molecule has 8 aromatic rings. The molecule has 6 saturated heterocycles. The van der Waals surface area contributed by atoms with Gasteiger partial charge in [-0.3, -0.25) is 33.6 Å². The topological polar surface area (TPSA) is 295 Å². The Morgan fingerprint density at radius 3 is 1.14 bits per heavy atom. The molecule has 0 unspecified atom stereocenters. The predicted molar refractivity (Wildman–Crippen MR) is 562 cm³/mol. The zero-order valence-corrected chi connectivity index (χ0v) is 89.5. The van der Waals surface area contributed by atoms with Crippen LogP contribution in [0.5, 0.6) is 17.2 Å². The van der Waals surface area contributed by atoms with Gasteiger partial charge in [0.15, 0.2) is 34.7 Å². The van der Waals surface area contributed by atoms with Crippen LogP contribution in [-0.4, -0.2) is 210 Å². The molecule has 149 heavy (non-hydrogen) atoms. The van der Waals surface area contributed by atoms with Gasteiger partial charge in [-0.1, -0.05) is 131 Å². The highest BCUT2D eigenvalue weighted by Crippen LogP contribution is 2.57. The summed E-state index contributed by atoms with van der Waals surface area (Å²) in [6, 6.07) is 54.7. The normalized spacial score (nSPS) is 22.5. The Kier molecular flexibility index (Phi) is 32.0. The zero-order valence-electron chi connectivity index (χ0n) is 87.9. The second-order valence-electron chi connectivity index (χ2n) is 42.8. The molecule has 7 aliphatic carbocycles. The van der Waals surface area contributed by atoms with E-state index in [9.17, 15) is 33.6 Å². The lowest BCUT2D eigenvalue weighted by Gasteiger charge is -2.47. The average Bonchev–Trinajstić information content (AvgIpc) is 1.57. The number of halogens is 1. The van der Waals surface area contributed by atoms with Gasteiger partial charge in [-0.2, -0.15) is 0 Å². The quantitative estimate of drug-likeness (QED) is 0.115. The first-order chi connectivity index (χ1) is 71.9. The number of ether oxygens (including phenoxy) is 15. The Labute approximate surface area is 883 Å². The molecule has 17 aliphatic rings. The van der Waals surface area contributed by atoms with Gasteiger partial charge in [-0.25, -0.2) is 0 Å². The van der Waals surface area contributed by atoms with Crippen LogP contribution in [0.2, 0.25) is 0 Å². The van der Waals surface area contributed by atoms with E-state index in [2.05, 4.69) is 104 Å². The third-order valence-corrected chi connectivity index (χ3v) is 34.5. The van der Waals surface area contributed by atoms with Gasteiger partial charge in [-0.15, -0.1) is 0 Å². The summed E-state index contributed by atoms with van der Waals surface area (Å²) >= 11 is 3.55. The summed E-state index contributed by atoms with van der Waals surface area (Å²) in [5.74, 6) is 1.17. The predicted octanol–water partition coefficient (Wildman–Crippen LogP) is 20.1. The monoisotopic (exact) mass is 2100 g/mol. The molecule has 8 aromatic carbocycles. The van der Waals surface area contributed by atoms with Crippen molar-refractivity contribution in [2.75, 3.05) is 115 Å². The molecule has 0 aromatic heterocycles. The maximum Gasteiger partial charge on any atom is 0.259 e. The molecule has 0 radical (unpaired) electrons. The third-order valence-electron chi connectivity index (χ3n) is 33.8. The summed E-state index contributed by atoms with van der Waals surface area (Å²) in [4.78, 5) is 94.4.